The van der Waals surface area contributed by atoms with E-state index in [9.17, 15) is 4.79 Å². The molecule has 4 heteroatoms. The third kappa shape index (κ3) is 2.71. The SMILES string of the molecule is O=C(O)CN1CCC2(CCc3cc(-c4cccnc4)ccc32)CC1. The number of aryl methyl sites for hydroxylation is 1. The van der Waals surface area contributed by atoms with Crippen LogP contribution in [0.1, 0.15) is 30.4 Å². The summed E-state index contributed by atoms with van der Waals surface area (Å²) in [6, 6.07) is 10.9. The second-order valence-electron chi connectivity index (χ2n) is 7.06. The Morgan fingerprint density at radius 2 is 2.00 bits per heavy atom. The van der Waals surface area contributed by atoms with Crippen molar-refractivity contribution in [2.45, 2.75) is 31.1 Å². The summed E-state index contributed by atoms with van der Waals surface area (Å²) in [7, 11) is 0. The van der Waals surface area contributed by atoms with Crippen molar-refractivity contribution in [3.8, 4) is 11.1 Å². The molecular weight excluding hydrogens is 300 g/mol. The van der Waals surface area contributed by atoms with E-state index in [0.29, 0.717) is 0 Å². The van der Waals surface area contributed by atoms with E-state index < -0.39 is 5.97 Å². The van der Waals surface area contributed by atoms with E-state index in [1.807, 2.05) is 12.3 Å². The highest BCUT2D eigenvalue weighted by molar-refractivity contribution is 5.69. The molecule has 0 saturated carbocycles. The summed E-state index contributed by atoms with van der Waals surface area (Å²) in [5, 5.41) is 8.97. The fourth-order valence-electron chi connectivity index (χ4n) is 4.39. The summed E-state index contributed by atoms with van der Waals surface area (Å²) in [4.78, 5) is 17.2. The van der Waals surface area contributed by atoms with E-state index in [-0.39, 0.29) is 12.0 Å². The summed E-state index contributed by atoms with van der Waals surface area (Å²) in [6.07, 6.45) is 8.18. The first-order valence-electron chi connectivity index (χ1n) is 8.64. The predicted molar refractivity (Wildman–Crippen MR) is 93.0 cm³/mol. The lowest BCUT2D eigenvalue weighted by Crippen LogP contribution is -2.43. The molecule has 1 aromatic heterocycles. The van der Waals surface area contributed by atoms with Crippen LogP contribution in [0, 0.1) is 0 Å². The Balaban J connectivity index is 1.56. The number of piperidine rings is 1. The highest BCUT2D eigenvalue weighted by Crippen LogP contribution is 2.47. The molecule has 1 fully saturated rings. The molecule has 1 aliphatic carbocycles. The van der Waals surface area contributed by atoms with Crippen molar-refractivity contribution in [2.24, 2.45) is 0 Å². The van der Waals surface area contributed by atoms with Gasteiger partial charge in [0.1, 0.15) is 0 Å². The lowest BCUT2D eigenvalue weighted by molar-refractivity contribution is -0.138. The third-order valence-corrected chi connectivity index (χ3v) is 5.72. The molecule has 24 heavy (non-hydrogen) atoms. The molecule has 4 rings (SSSR count). The number of carboxylic acid groups (broad SMARTS) is 1. The largest absolute Gasteiger partial charge is 0.480 e. The van der Waals surface area contributed by atoms with Crippen molar-refractivity contribution in [2.75, 3.05) is 19.6 Å². The van der Waals surface area contributed by atoms with Crippen LogP contribution in [0.25, 0.3) is 11.1 Å². The Bertz CT molecular complexity index is 749. The molecule has 4 nitrogen and oxygen atoms in total. The standard InChI is InChI=1S/C20H22N2O2/c23-19(24)14-22-10-7-20(8-11-22)6-5-16-12-15(3-4-18(16)20)17-2-1-9-21-13-17/h1-4,9,12-13H,5-8,10-11,14H2,(H,23,24). The normalized spacial score (nSPS) is 19.3. The van der Waals surface area contributed by atoms with Gasteiger partial charge in [0.15, 0.2) is 0 Å². The molecule has 2 aromatic rings. The van der Waals surface area contributed by atoms with Gasteiger partial charge < -0.3 is 5.11 Å². The number of fused-ring (bicyclic) bond motifs is 2. The number of nitrogens with zero attached hydrogens (tertiary/aromatic N) is 2. The minimum atomic E-state index is -0.723. The Labute approximate surface area is 142 Å². The molecule has 2 aliphatic rings. The van der Waals surface area contributed by atoms with Gasteiger partial charge in [-0.15, -0.1) is 0 Å². The second-order valence-corrected chi connectivity index (χ2v) is 7.06. The van der Waals surface area contributed by atoms with E-state index in [2.05, 4.69) is 34.1 Å². The van der Waals surface area contributed by atoms with Crippen LogP contribution in [0.15, 0.2) is 42.7 Å². The minimum Gasteiger partial charge on any atom is -0.480 e. The quantitative estimate of drug-likeness (QED) is 0.943. The highest BCUT2D eigenvalue weighted by atomic mass is 16.4. The van der Waals surface area contributed by atoms with Gasteiger partial charge in [0, 0.05) is 12.4 Å². The van der Waals surface area contributed by atoms with E-state index in [0.717, 1.165) is 37.9 Å². The monoisotopic (exact) mass is 322 g/mol. The van der Waals surface area contributed by atoms with Gasteiger partial charge in [0.25, 0.3) is 0 Å². The second kappa shape index (κ2) is 6.02. The van der Waals surface area contributed by atoms with Crippen LogP contribution in [0.2, 0.25) is 0 Å². The van der Waals surface area contributed by atoms with Crippen molar-refractivity contribution in [3.63, 3.8) is 0 Å². The average Bonchev–Trinajstić information content (AvgIpc) is 2.95. The van der Waals surface area contributed by atoms with Crippen molar-refractivity contribution < 1.29 is 9.90 Å². The van der Waals surface area contributed by atoms with E-state index in [1.165, 1.54) is 23.1 Å². The number of aromatic nitrogens is 1. The molecule has 124 valence electrons. The van der Waals surface area contributed by atoms with Gasteiger partial charge in [0.05, 0.1) is 6.54 Å². The number of benzene rings is 1. The maximum Gasteiger partial charge on any atom is 0.317 e. The van der Waals surface area contributed by atoms with Crippen molar-refractivity contribution in [3.05, 3.63) is 53.9 Å². The van der Waals surface area contributed by atoms with Gasteiger partial charge in [-0.05, 0) is 72.5 Å². The minimum absolute atomic E-state index is 0.170. The summed E-state index contributed by atoms with van der Waals surface area (Å²) in [5.41, 5.74) is 5.62. The van der Waals surface area contributed by atoms with Gasteiger partial charge in [0.2, 0.25) is 0 Å². The van der Waals surface area contributed by atoms with Crippen LogP contribution in [-0.4, -0.2) is 40.6 Å². The van der Waals surface area contributed by atoms with E-state index in [4.69, 9.17) is 5.11 Å². The summed E-state index contributed by atoms with van der Waals surface area (Å²) in [6.45, 7) is 1.94. The van der Waals surface area contributed by atoms with Crippen LogP contribution in [0.3, 0.4) is 0 Å². The molecule has 0 unspecified atom stereocenters. The predicted octanol–water partition coefficient (Wildman–Crippen LogP) is 3.11. The molecule has 1 N–H and O–H groups in total. The number of likely N-dealkylation sites (tertiary alicyclic amines) is 1. The lowest BCUT2D eigenvalue weighted by Gasteiger charge is -2.39. The van der Waals surface area contributed by atoms with Crippen LogP contribution in [0.5, 0.6) is 0 Å². The summed E-state index contributed by atoms with van der Waals surface area (Å²) >= 11 is 0. The number of hydrogen-bond acceptors (Lipinski definition) is 3. The van der Waals surface area contributed by atoms with Gasteiger partial charge in [-0.3, -0.25) is 14.7 Å². The average molecular weight is 322 g/mol. The van der Waals surface area contributed by atoms with Gasteiger partial charge in [-0.1, -0.05) is 24.3 Å². The topological polar surface area (TPSA) is 53.4 Å². The van der Waals surface area contributed by atoms with E-state index in [1.54, 1.807) is 6.20 Å². The molecule has 0 atom stereocenters. The van der Waals surface area contributed by atoms with Crippen molar-refractivity contribution in [1.82, 2.24) is 9.88 Å². The van der Waals surface area contributed by atoms with Crippen LogP contribution in [0.4, 0.5) is 0 Å². The molecule has 0 radical (unpaired) electrons. The Hall–Kier alpha value is -2.20. The summed E-state index contributed by atoms with van der Waals surface area (Å²) < 4.78 is 0. The van der Waals surface area contributed by atoms with Gasteiger partial charge in [-0.25, -0.2) is 0 Å². The number of carboxylic acids is 1. The molecule has 0 amide bonds. The number of carbonyl (C=O) groups is 1. The summed E-state index contributed by atoms with van der Waals surface area (Å²) in [5.74, 6) is -0.723. The van der Waals surface area contributed by atoms with Crippen LogP contribution in [-0.2, 0) is 16.6 Å². The Morgan fingerprint density at radius 3 is 2.71 bits per heavy atom. The number of rotatable bonds is 3. The van der Waals surface area contributed by atoms with Gasteiger partial charge in [-0.2, -0.15) is 0 Å². The molecule has 1 spiro atoms. The van der Waals surface area contributed by atoms with Crippen LogP contribution < -0.4 is 0 Å². The zero-order chi connectivity index (χ0) is 16.6. The smallest absolute Gasteiger partial charge is 0.317 e. The van der Waals surface area contributed by atoms with Crippen molar-refractivity contribution >= 4 is 5.97 Å². The first kappa shape index (κ1) is 15.3. The number of hydrogen-bond donors (Lipinski definition) is 1. The maximum absolute atomic E-state index is 10.9. The fourth-order valence-corrected chi connectivity index (χ4v) is 4.39. The zero-order valence-corrected chi connectivity index (χ0v) is 13.7. The molecule has 0 bridgehead atoms. The molecule has 1 saturated heterocycles. The molecular formula is C20H22N2O2. The lowest BCUT2D eigenvalue weighted by atomic mass is 9.73. The fraction of sp³-hybridized carbons (Fsp3) is 0.400. The number of pyridine rings is 1. The first-order chi connectivity index (χ1) is 11.7. The first-order valence-corrected chi connectivity index (χ1v) is 8.64. The molecule has 1 aromatic carbocycles. The Morgan fingerprint density at radius 1 is 1.17 bits per heavy atom. The molecule has 1 aliphatic heterocycles. The Kier molecular flexibility index (Phi) is 3.85. The molecule has 2 heterocycles. The maximum atomic E-state index is 10.9. The highest BCUT2D eigenvalue weighted by Gasteiger charge is 2.41. The van der Waals surface area contributed by atoms with Gasteiger partial charge >= 0.3 is 5.97 Å². The van der Waals surface area contributed by atoms with Crippen LogP contribution >= 0.6 is 0 Å². The zero-order valence-electron chi connectivity index (χ0n) is 13.7. The number of aliphatic carboxylic acids is 1. The van der Waals surface area contributed by atoms with Crippen molar-refractivity contribution in [1.29, 1.82) is 0 Å². The third-order valence-electron chi connectivity index (χ3n) is 5.72. The van der Waals surface area contributed by atoms with E-state index >= 15 is 0 Å².